The van der Waals surface area contributed by atoms with E-state index in [1.54, 1.807) is 0 Å². The van der Waals surface area contributed by atoms with Crippen LogP contribution in [0.25, 0.3) is 0 Å². The van der Waals surface area contributed by atoms with E-state index < -0.39 is 0 Å². The van der Waals surface area contributed by atoms with Gasteiger partial charge in [0, 0.05) is 24.7 Å². The van der Waals surface area contributed by atoms with Gasteiger partial charge in [0.05, 0.1) is 11.5 Å². The Morgan fingerprint density at radius 1 is 0.739 bits per heavy atom. The summed E-state index contributed by atoms with van der Waals surface area (Å²) in [5, 5.41) is 18.6. The lowest BCUT2D eigenvalue weighted by atomic mass is 9.81. The van der Waals surface area contributed by atoms with Crippen molar-refractivity contribution in [2.45, 2.75) is 87.3 Å². The Bertz CT molecular complexity index is 395. The number of fused-ring (bicyclic) bond motifs is 6. The molecule has 7 unspecified atom stereocenters. The van der Waals surface area contributed by atoms with E-state index in [1.807, 2.05) is 0 Å². The van der Waals surface area contributed by atoms with Gasteiger partial charge < -0.3 is 5.32 Å². The molecule has 4 fully saturated rings. The summed E-state index contributed by atoms with van der Waals surface area (Å²) in [5.41, 5.74) is 0. The van der Waals surface area contributed by atoms with E-state index in [1.165, 1.54) is 51.4 Å². The zero-order chi connectivity index (χ0) is 15.6. The molecule has 0 aromatic rings. The number of alkyl halides is 1. The molecular formula is C17H32ClN5. The molecule has 5 N–H and O–H groups in total. The van der Waals surface area contributed by atoms with Crippen LogP contribution in [-0.4, -0.2) is 49.0 Å². The Morgan fingerprint density at radius 3 is 2.61 bits per heavy atom. The third kappa shape index (κ3) is 4.20. The van der Waals surface area contributed by atoms with Crippen molar-refractivity contribution in [3.63, 3.8) is 0 Å². The first-order valence-electron chi connectivity index (χ1n) is 9.65. The van der Waals surface area contributed by atoms with E-state index in [4.69, 9.17) is 11.6 Å². The molecule has 6 heteroatoms. The minimum Gasteiger partial charge on any atom is -0.314 e. The third-order valence-corrected chi connectivity index (χ3v) is 6.65. The van der Waals surface area contributed by atoms with Crippen molar-refractivity contribution in [1.29, 1.82) is 0 Å². The largest absolute Gasteiger partial charge is 0.314 e. The fraction of sp³-hybridized carbons (Fsp3) is 1.00. The molecule has 3 aliphatic heterocycles. The first kappa shape index (κ1) is 16.6. The van der Waals surface area contributed by atoms with Crippen molar-refractivity contribution in [2.24, 2.45) is 5.92 Å². The highest BCUT2D eigenvalue weighted by atomic mass is 35.5. The van der Waals surface area contributed by atoms with E-state index in [9.17, 15) is 0 Å². The molecule has 132 valence electrons. The molecular weight excluding hydrogens is 310 g/mol. The van der Waals surface area contributed by atoms with E-state index in [0.29, 0.717) is 18.1 Å². The monoisotopic (exact) mass is 341 g/mol. The van der Waals surface area contributed by atoms with Crippen LogP contribution in [0.2, 0.25) is 0 Å². The fourth-order valence-electron chi connectivity index (χ4n) is 4.96. The lowest BCUT2D eigenvalue weighted by molar-refractivity contribution is 0.181. The van der Waals surface area contributed by atoms with Gasteiger partial charge in [-0.05, 0) is 51.0 Å². The zero-order valence-electron chi connectivity index (χ0n) is 14.0. The van der Waals surface area contributed by atoms with Gasteiger partial charge in [-0.25, -0.2) is 0 Å². The smallest absolute Gasteiger partial charge is 0.113 e. The van der Waals surface area contributed by atoms with Crippen LogP contribution in [0.15, 0.2) is 0 Å². The number of rotatable bonds is 0. The highest BCUT2D eigenvalue weighted by molar-refractivity contribution is 6.21. The van der Waals surface area contributed by atoms with Gasteiger partial charge in [0.1, 0.15) is 6.29 Å². The Kier molecular flexibility index (Phi) is 5.43. The van der Waals surface area contributed by atoms with Crippen LogP contribution in [0, 0.1) is 5.92 Å². The van der Waals surface area contributed by atoms with E-state index >= 15 is 0 Å². The second kappa shape index (κ2) is 7.54. The van der Waals surface area contributed by atoms with Crippen LogP contribution in [0.1, 0.15) is 51.4 Å². The molecule has 1 aliphatic carbocycles. The maximum absolute atomic E-state index is 6.56. The van der Waals surface area contributed by atoms with Crippen molar-refractivity contribution in [3.05, 3.63) is 0 Å². The summed E-state index contributed by atoms with van der Waals surface area (Å²) >= 11 is 6.56. The van der Waals surface area contributed by atoms with Gasteiger partial charge in [-0.3, -0.25) is 21.3 Å². The molecule has 0 radical (unpaired) electrons. The van der Waals surface area contributed by atoms with Gasteiger partial charge in [-0.1, -0.05) is 12.8 Å². The lowest BCUT2D eigenvalue weighted by Gasteiger charge is -2.41. The summed E-state index contributed by atoms with van der Waals surface area (Å²) in [5.74, 6) is 0.892. The molecule has 6 bridgehead atoms. The van der Waals surface area contributed by atoms with Gasteiger partial charge in [-0.15, -0.1) is 11.6 Å². The normalized spacial score (nSPS) is 48.7. The fourth-order valence-corrected chi connectivity index (χ4v) is 5.19. The predicted molar refractivity (Wildman–Crippen MR) is 94.4 cm³/mol. The molecule has 4 aliphatic rings. The third-order valence-electron chi connectivity index (χ3n) is 6.24. The van der Waals surface area contributed by atoms with Crippen molar-refractivity contribution >= 4 is 11.6 Å². The Labute approximate surface area is 145 Å². The molecule has 7 atom stereocenters. The van der Waals surface area contributed by atoms with E-state index in [-0.39, 0.29) is 17.8 Å². The SMILES string of the molecule is ClC1CNC2NC3CCNC(CCC4CCCC(C4)NC1N2)C3. The van der Waals surface area contributed by atoms with Crippen LogP contribution >= 0.6 is 11.6 Å². The summed E-state index contributed by atoms with van der Waals surface area (Å²) in [6.45, 7) is 2.00. The molecule has 1 saturated carbocycles. The quantitative estimate of drug-likeness (QED) is 0.426. The van der Waals surface area contributed by atoms with Crippen LogP contribution < -0.4 is 26.6 Å². The van der Waals surface area contributed by atoms with Crippen molar-refractivity contribution < 1.29 is 0 Å². The molecule has 23 heavy (non-hydrogen) atoms. The maximum Gasteiger partial charge on any atom is 0.113 e. The topological polar surface area (TPSA) is 60.1 Å². The summed E-state index contributed by atoms with van der Waals surface area (Å²) < 4.78 is 0. The average molecular weight is 342 g/mol. The Balaban J connectivity index is 1.48. The second-order valence-corrected chi connectivity index (χ2v) is 8.57. The molecule has 0 amide bonds. The maximum atomic E-state index is 6.56. The molecule has 3 saturated heterocycles. The molecule has 0 aromatic carbocycles. The van der Waals surface area contributed by atoms with Crippen LogP contribution in [-0.2, 0) is 0 Å². The number of piperidine rings is 1. The molecule has 0 aromatic heterocycles. The Morgan fingerprint density at radius 2 is 1.65 bits per heavy atom. The Hall–Kier alpha value is 0.0900. The second-order valence-electron chi connectivity index (χ2n) is 8.01. The molecule has 4 rings (SSSR count). The van der Waals surface area contributed by atoms with Gasteiger partial charge >= 0.3 is 0 Å². The summed E-state index contributed by atoms with van der Waals surface area (Å²) in [7, 11) is 0. The summed E-state index contributed by atoms with van der Waals surface area (Å²) in [4.78, 5) is 0. The van der Waals surface area contributed by atoms with Crippen LogP contribution in [0.4, 0.5) is 0 Å². The number of nitrogens with one attached hydrogen (secondary N) is 5. The van der Waals surface area contributed by atoms with Crippen LogP contribution in [0.3, 0.4) is 0 Å². The number of halogens is 1. The van der Waals surface area contributed by atoms with Crippen LogP contribution in [0.5, 0.6) is 0 Å². The van der Waals surface area contributed by atoms with E-state index in [0.717, 1.165) is 19.0 Å². The first-order chi connectivity index (χ1) is 11.3. The first-order valence-corrected chi connectivity index (χ1v) is 10.1. The van der Waals surface area contributed by atoms with Gasteiger partial charge in [0.15, 0.2) is 0 Å². The van der Waals surface area contributed by atoms with Crippen molar-refractivity contribution in [2.75, 3.05) is 13.1 Å². The minimum absolute atomic E-state index is 0.110. The van der Waals surface area contributed by atoms with Gasteiger partial charge in [-0.2, -0.15) is 0 Å². The molecule has 3 heterocycles. The molecule has 0 spiro atoms. The highest BCUT2D eigenvalue weighted by Crippen LogP contribution is 2.30. The molecule has 5 nitrogen and oxygen atoms in total. The highest BCUT2D eigenvalue weighted by Gasteiger charge is 2.34. The number of hydrogen-bond donors (Lipinski definition) is 5. The zero-order valence-corrected chi connectivity index (χ0v) is 14.7. The van der Waals surface area contributed by atoms with Gasteiger partial charge in [0.25, 0.3) is 0 Å². The lowest BCUT2D eigenvalue weighted by Crippen LogP contribution is -2.71. The summed E-state index contributed by atoms with van der Waals surface area (Å²) in [6, 6.07) is 1.91. The van der Waals surface area contributed by atoms with Crippen molar-refractivity contribution in [3.8, 4) is 0 Å². The minimum atomic E-state index is 0.110. The van der Waals surface area contributed by atoms with Gasteiger partial charge in [0.2, 0.25) is 0 Å². The van der Waals surface area contributed by atoms with E-state index in [2.05, 4.69) is 26.6 Å². The summed E-state index contributed by atoms with van der Waals surface area (Å²) in [6.07, 6.45) is 11.0. The average Bonchev–Trinajstić information content (AvgIpc) is 2.57. The standard InChI is InChI=1S/C17H32ClN5/c18-15-10-20-17-22-14-6-7-19-12(9-14)5-4-11-2-1-3-13(8-11)21-16(15)23-17/h11-17,19-23H,1-10H2. The van der Waals surface area contributed by atoms with Crippen molar-refractivity contribution in [1.82, 2.24) is 26.6 Å². The number of hydrogen-bond acceptors (Lipinski definition) is 5. The predicted octanol–water partition coefficient (Wildman–Crippen LogP) is 1.05.